The molecule has 0 radical (unpaired) electrons. The summed E-state index contributed by atoms with van der Waals surface area (Å²) >= 11 is 0. The normalized spacial score (nSPS) is 18.8. The Morgan fingerprint density at radius 3 is 2.10 bits per heavy atom. The second-order valence-corrected chi connectivity index (χ2v) is 13.6. The maximum Gasteiger partial charge on any atom is 0.197 e. The van der Waals surface area contributed by atoms with Gasteiger partial charge < -0.3 is 4.90 Å². The molecule has 0 amide bonds. The van der Waals surface area contributed by atoms with Crippen molar-refractivity contribution in [2.45, 2.75) is 25.7 Å². The second-order valence-electron chi connectivity index (χ2n) is 13.6. The molecule has 1 atom stereocenters. The van der Waals surface area contributed by atoms with E-state index < -0.39 is 0 Å². The number of carbonyl (C=O) groups excluding carboxylic acids is 2. The quantitative estimate of drug-likeness (QED) is 0.149. The second kappa shape index (κ2) is 10.6. The molecule has 0 aromatic heterocycles. The molecule has 3 aliphatic carbocycles. The fraction of sp³-hybridized carbons (Fsp3) is 0.111. The summed E-state index contributed by atoms with van der Waals surface area (Å²) in [6.45, 7) is 4.60. The van der Waals surface area contributed by atoms with E-state index in [-0.39, 0.29) is 22.6 Å². The van der Waals surface area contributed by atoms with Gasteiger partial charge in [0, 0.05) is 33.8 Å². The first-order valence-corrected chi connectivity index (χ1v) is 16.6. The molecule has 3 heteroatoms. The molecule has 0 fully saturated rings. The molecular weight excluding hydrogens is 587 g/mol. The van der Waals surface area contributed by atoms with Crippen LogP contribution in [0.15, 0.2) is 162 Å². The van der Waals surface area contributed by atoms with E-state index in [0.29, 0.717) is 17.0 Å². The number of hydrogen-bond acceptors (Lipinski definition) is 3. The van der Waals surface area contributed by atoms with Crippen molar-refractivity contribution in [1.29, 1.82) is 0 Å². The maximum absolute atomic E-state index is 13.7. The fourth-order valence-corrected chi connectivity index (χ4v) is 8.05. The summed E-state index contributed by atoms with van der Waals surface area (Å²) in [4.78, 5) is 29.7. The Morgan fingerprint density at radius 1 is 0.729 bits per heavy atom. The lowest BCUT2D eigenvalue weighted by Crippen LogP contribution is -2.38. The minimum Gasteiger partial charge on any atom is -0.310 e. The predicted octanol–water partition coefficient (Wildman–Crippen LogP) is 10.7. The Hall–Kier alpha value is -5.80. The topological polar surface area (TPSA) is 37.4 Å². The first-order chi connectivity index (χ1) is 23.4. The zero-order chi connectivity index (χ0) is 32.6. The van der Waals surface area contributed by atoms with E-state index in [1.54, 1.807) is 6.08 Å². The van der Waals surface area contributed by atoms with Crippen molar-refractivity contribution in [3.63, 3.8) is 0 Å². The molecule has 4 aliphatic rings. The van der Waals surface area contributed by atoms with Crippen molar-refractivity contribution >= 4 is 39.8 Å². The molecular formula is C45H33NO2. The molecule has 3 nitrogen and oxygen atoms in total. The maximum atomic E-state index is 13.7. The lowest BCUT2D eigenvalue weighted by molar-refractivity contribution is 0.0990. The van der Waals surface area contributed by atoms with Crippen molar-refractivity contribution in [3.05, 3.63) is 184 Å². The number of Topliss-reactive ketones (excluding diaryl/α,β-unsaturated/α-hetero) is 2. The van der Waals surface area contributed by atoms with Crippen molar-refractivity contribution < 1.29 is 9.59 Å². The van der Waals surface area contributed by atoms with Crippen LogP contribution in [0.25, 0.3) is 28.0 Å². The van der Waals surface area contributed by atoms with E-state index in [2.05, 4.69) is 110 Å². The van der Waals surface area contributed by atoms with Crippen LogP contribution in [0.3, 0.4) is 0 Å². The molecule has 5 aromatic carbocycles. The number of ketones is 2. The summed E-state index contributed by atoms with van der Waals surface area (Å²) in [7, 11) is 0. The lowest BCUT2D eigenvalue weighted by atomic mass is 9.66. The predicted molar refractivity (Wildman–Crippen MR) is 196 cm³/mol. The highest BCUT2D eigenvalue weighted by Gasteiger charge is 2.43. The van der Waals surface area contributed by atoms with Gasteiger partial charge in [-0.15, -0.1) is 0 Å². The van der Waals surface area contributed by atoms with Crippen LogP contribution in [0.1, 0.15) is 52.1 Å². The monoisotopic (exact) mass is 619 g/mol. The SMILES string of the molecule is CC1(C)C2=C3C=CC=CC3CC=C2N(c2ccc(-c3ccccc3)cc2)c2ccc(C=C3C(=O)c4cc5ccccc5cc4C3=O)cc21. The zero-order valence-electron chi connectivity index (χ0n) is 26.9. The van der Waals surface area contributed by atoms with Gasteiger partial charge in [-0.1, -0.05) is 117 Å². The van der Waals surface area contributed by atoms with Crippen molar-refractivity contribution in [2.75, 3.05) is 4.90 Å². The summed E-state index contributed by atoms with van der Waals surface area (Å²) < 4.78 is 0. The van der Waals surface area contributed by atoms with Crippen LogP contribution < -0.4 is 4.90 Å². The van der Waals surface area contributed by atoms with E-state index in [4.69, 9.17) is 0 Å². The summed E-state index contributed by atoms with van der Waals surface area (Å²) in [6.07, 6.45) is 14.0. The van der Waals surface area contributed by atoms with Crippen LogP contribution in [0, 0.1) is 5.92 Å². The minimum absolute atomic E-state index is 0.206. The van der Waals surface area contributed by atoms with E-state index in [1.165, 1.54) is 28.0 Å². The Morgan fingerprint density at radius 2 is 1.40 bits per heavy atom. The van der Waals surface area contributed by atoms with Crippen LogP contribution in [0.5, 0.6) is 0 Å². The van der Waals surface area contributed by atoms with Crippen LogP contribution in [0.4, 0.5) is 11.4 Å². The molecule has 0 N–H and O–H groups in total. The number of hydrogen-bond donors (Lipinski definition) is 0. The number of carbonyl (C=O) groups is 2. The molecule has 5 aromatic rings. The molecule has 1 aliphatic heterocycles. The molecule has 1 unspecified atom stereocenters. The molecule has 1 heterocycles. The Bertz CT molecular complexity index is 2310. The third-order valence-electron chi connectivity index (χ3n) is 10.4. The van der Waals surface area contributed by atoms with Gasteiger partial charge in [-0.2, -0.15) is 0 Å². The number of benzene rings is 5. The van der Waals surface area contributed by atoms with Gasteiger partial charge >= 0.3 is 0 Å². The number of anilines is 2. The fourth-order valence-electron chi connectivity index (χ4n) is 8.05. The number of fused-ring (bicyclic) bond motifs is 5. The molecule has 48 heavy (non-hydrogen) atoms. The third kappa shape index (κ3) is 4.28. The lowest BCUT2D eigenvalue weighted by Gasteiger charge is -2.47. The first-order valence-electron chi connectivity index (χ1n) is 16.6. The molecule has 0 saturated heterocycles. The van der Waals surface area contributed by atoms with Gasteiger partial charge in [0.2, 0.25) is 0 Å². The molecule has 0 saturated carbocycles. The smallest absolute Gasteiger partial charge is 0.197 e. The standard InChI is InChI=1S/C45H33NO2/c1-45(2)39-25-28(24-38-43(47)36-26-32-13-6-7-14-33(32)27-37(36)44(38)48)16-22-40(39)46(41-23-19-31-12-8-9-15-35(31)42(41)45)34-20-17-30(18-21-34)29-10-4-3-5-11-29/h3-18,20-27,31H,19H2,1-2H3. The van der Waals surface area contributed by atoms with Crippen LogP contribution in [-0.4, -0.2) is 11.6 Å². The third-order valence-corrected chi connectivity index (χ3v) is 10.4. The van der Waals surface area contributed by atoms with Gasteiger partial charge in [-0.05, 0) is 93.1 Å². The van der Waals surface area contributed by atoms with Crippen molar-refractivity contribution in [1.82, 2.24) is 0 Å². The van der Waals surface area contributed by atoms with Gasteiger partial charge in [0.05, 0.1) is 11.3 Å². The van der Waals surface area contributed by atoms with Crippen molar-refractivity contribution in [2.24, 2.45) is 5.92 Å². The van der Waals surface area contributed by atoms with E-state index in [1.807, 2.05) is 48.5 Å². The average molecular weight is 620 g/mol. The Balaban J connectivity index is 1.18. The number of nitrogens with zero attached hydrogens (tertiary/aromatic N) is 1. The van der Waals surface area contributed by atoms with Gasteiger partial charge in [-0.3, -0.25) is 9.59 Å². The molecule has 230 valence electrons. The Labute approximate surface area is 280 Å². The van der Waals surface area contributed by atoms with Crippen LogP contribution in [0.2, 0.25) is 0 Å². The first kappa shape index (κ1) is 28.4. The number of allylic oxidation sites excluding steroid dienone is 8. The summed E-state index contributed by atoms with van der Waals surface area (Å²) in [6, 6.07) is 37.2. The highest BCUT2D eigenvalue weighted by molar-refractivity contribution is 6.42. The summed E-state index contributed by atoms with van der Waals surface area (Å²) in [5, 5.41) is 1.92. The van der Waals surface area contributed by atoms with Crippen molar-refractivity contribution in [3.8, 4) is 11.1 Å². The zero-order valence-corrected chi connectivity index (χ0v) is 26.9. The molecule has 0 bridgehead atoms. The van der Waals surface area contributed by atoms with E-state index in [0.717, 1.165) is 39.7 Å². The number of rotatable bonds is 3. The summed E-state index contributed by atoms with van der Waals surface area (Å²) in [5.41, 5.74) is 11.3. The Kier molecular flexibility index (Phi) is 6.29. The largest absolute Gasteiger partial charge is 0.310 e. The van der Waals surface area contributed by atoms with Gasteiger partial charge in [-0.25, -0.2) is 0 Å². The van der Waals surface area contributed by atoms with Crippen LogP contribution >= 0.6 is 0 Å². The van der Waals surface area contributed by atoms with E-state index in [9.17, 15) is 9.59 Å². The summed E-state index contributed by atoms with van der Waals surface area (Å²) in [5.74, 6) is -0.0746. The highest BCUT2D eigenvalue weighted by atomic mass is 16.2. The van der Waals surface area contributed by atoms with Gasteiger partial charge in [0.1, 0.15) is 0 Å². The van der Waals surface area contributed by atoms with E-state index >= 15 is 0 Å². The van der Waals surface area contributed by atoms with Crippen LogP contribution in [-0.2, 0) is 5.41 Å². The minimum atomic E-state index is -0.329. The van der Waals surface area contributed by atoms with Gasteiger partial charge in [0.15, 0.2) is 11.6 Å². The average Bonchev–Trinajstić information content (AvgIpc) is 3.35. The highest BCUT2D eigenvalue weighted by Crippen LogP contribution is 2.55. The molecule has 0 spiro atoms. The molecule has 9 rings (SSSR count). The van der Waals surface area contributed by atoms with Gasteiger partial charge in [0.25, 0.3) is 0 Å².